The molecule has 0 atom stereocenters. The first-order valence-electron chi connectivity index (χ1n) is 6.52. The second kappa shape index (κ2) is 6.73. The molecule has 0 unspecified atom stereocenters. The Hall–Kier alpha value is -1.33. The predicted octanol–water partition coefficient (Wildman–Crippen LogP) is 3.00. The van der Waals surface area contributed by atoms with E-state index in [9.17, 15) is 0 Å². The van der Waals surface area contributed by atoms with Crippen LogP contribution in [0.4, 0.5) is 5.95 Å². The Bertz CT molecular complexity index is 526. The van der Waals surface area contributed by atoms with E-state index in [1.165, 1.54) is 0 Å². The van der Waals surface area contributed by atoms with Crippen LogP contribution >= 0.6 is 11.6 Å². The number of hydrogen-bond acceptors (Lipinski definition) is 4. The van der Waals surface area contributed by atoms with Crippen molar-refractivity contribution >= 4 is 23.2 Å². The molecular formula is C13H19ClN4O. The maximum Gasteiger partial charge on any atom is 0.243 e. The Labute approximate surface area is 117 Å². The number of aromatic nitrogens is 3. The average molecular weight is 283 g/mol. The average Bonchev–Trinajstić information content (AvgIpc) is 2.75. The van der Waals surface area contributed by atoms with Gasteiger partial charge in [0, 0.05) is 19.3 Å². The van der Waals surface area contributed by atoms with Gasteiger partial charge in [-0.05, 0) is 38.8 Å². The second-order valence-electron chi connectivity index (χ2n) is 4.64. The topological polar surface area (TPSA) is 51.5 Å². The van der Waals surface area contributed by atoms with Crippen LogP contribution in [0.25, 0.3) is 5.65 Å². The Morgan fingerprint density at radius 2 is 2.21 bits per heavy atom. The zero-order valence-electron chi connectivity index (χ0n) is 11.3. The van der Waals surface area contributed by atoms with E-state index in [1.807, 2.05) is 19.9 Å². The Morgan fingerprint density at radius 3 is 3.00 bits per heavy atom. The molecule has 2 heterocycles. The van der Waals surface area contributed by atoms with Gasteiger partial charge >= 0.3 is 0 Å². The monoisotopic (exact) mass is 282 g/mol. The Balaban J connectivity index is 1.75. The van der Waals surface area contributed by atoms with Crippen molar-refractivity contribution in [2.45, 2.75) is 32.8 Å². The molecule has 0 saturated carbocycles. The van der Waals surface area contributed by atoms with Crippen molar-refractivity contribution in [1.29, 1.82) is 0 Å². The maximum absolute atomic E-state index is 5.89. The third-order valence-corrected chi connectivity index (χ3v) is 2.82. The summed E-state index contributed by atoms with van der Waals surface area (Å²) in [5.41, 5.74) is 0.787. The lowest BCUT2D eigenvalue weighted by atomic mass is 10.3. The van der Waals surface area contributed by atoms with Crippen LogP contribution < -0.4 is 5.32 Å². The van der Waals surface area contributed by atoms with Crippen LogP contribution in [0, 0.1) is 0 Å². The van der Waals surface area contributed by atoms with Crippen LogP contribution in [0.15, 0.2) is 18.3 Å². The molecule has 5 nitrogen and oxygen atoms in total. The van der Waals surface area contributed by atoms with E-state index in [0.29, 0.717) is 17.1 Å². The molecular weight excluding hydrogens is 264 g/mol. The zero-order valence-corrected chi connectivity index (χ0v) is 12.0. The maximum atomic E-state index is 5.89. The van der Waals surface area contributed by atoms with E-state index in [4.69, 9.17) is 16.3 Å². The van der Waals surface area contributed by atoms with E-state index in [2.05, 4.69) is 15.4 Å². The molecule has 19 heavy (non-hydrogen) atoms. The van der Waals surface area contributed by atoms with Crippen LogP contribution in [0.5, 0.6) is 0 Å². The smallest absolute Gasteiger partial charge is 0.243 e. The molecule has 0 aliphatic heterocycles. The van der Waals surface area contributed by atoms with Crippen molar-refractivity contribution in [2.75, 3.05) is 18.5 Å². The lowest BCUT2D eigenvalue weighted by Gasteiger charge is -2.06. The highest BCUT2D eigenvalue weighted by Gasteiger charge is 2.02. The lowest BCUT2D eigenvalue weighted by molar-refractivity contribution is 0.0765. The van der Waals surface area contributed by atoms with Gasteiger partial charge in [0.25, 0.3) is 0 Å². The summed E-state index contributed by atoms with van der Waals surface area (Å²) >= 11 is 5.89. The molecule has 0 aromatic carbocycles. The normalized spacial score (nSPS) is 11.4. The van der Waals surface area contributed by atoms with Gasteiger partial charge in [-0.1, -0.05) is 11.6 Å². The van der Waals surface area contributed by atoms with Gasteiger partial charge in [-0.3, -0.25) is 0 Å². The highest BCUT2D eigenvalue weighted by atomic mass is 35.5. The summed E-state index contributed by atoms with van der Waals surface area (Å²) in [6, 6.07) is 3.65. The summed E-state index contributed by atoms with van der Waals surface area (Å²) in [6.07, 6.45) is 4.11. The Kier molecular flexibility index (Phi) is 4.99. The van der Waals surface area contributed by atoms with Crippen LogP contribution in [0.1, 0.15) is 26.7 Å². The largest absolute Gasteiger partial charge is 0.379 e. The van der Waals surface area contributed by atoms with Gasteiger partial charge < -0.3 is 10.1 Å². The van der Waals surface area contributed by atoms with Crippen LogP contribution in [0.2, 0.25) is 5.02 Å². The van der Waals surface area contributed by atoms with Crippen molar-refractivity contribution in [3.63, 3.8) is 0 Å². The number of nitrogens with one attached hydrogen (secondary N) is 1. The molecule has 0 radical (unpaired) electrons. The first-order valence-corrected chi connectivity index (χ1v) is 6.90. The number of hydrogen-bond donors (Lipinski definition) is 1. The number of fused-ring (bicyclic) bond motifs is 1. The number of rotatable bonds is 7. The van der Waals surface area contributed by atoms with Crippen LogP contribution in [-0.2, 0) is 4.74 Å². The van der Waals surface area contributed by atoms with Crippen molar-refractivity contribution < 1.29 is 4.74 Å². The number of pyridine rings is 1. The van der Waals surface area contributed by atoms with Gasteiger partial charge in [-0.25, -0.2) is 4.52 Å². The molecule has 0 aliphatic carbocycles. The molecule has 104 valence electrons. The van der Waals surface area contributed by atoms with Gasteiger partial charge in [-0.15, -0.1) is 5.10 Å². The van der Waals surface area contributed by atoms with Crippen molar-refractivity contribution in [2.24, 2.45) is 0 Å². The standard InChI is InChI=1S/C13H19ClN4O/c1-10(2)19-8-4-3-7-15-13-16-12-6-5-11(14)9-18(12)17-13/h5-6,9-10H,3-4,7-8H2,1-2H3,(H,15,17). The summed E-state index contributed by atoms with van der Waals surface area (Å²) < 4.78 is 7.15. The van der Waals surface area contributed by atoms with Crippen molar-refractivity contribution in [1.82, 2.24) is 14.6 Å². The van der Waals surface area contributed by atoms with E-state index >= 15 is 0 Å². The lowest BCUT2D eigenvalue weighted by Crippen LogP contribution is -2.07. The molecule has 2 aromatic heterocycles. The highest BCUT2D eigenvalue weighted by Crippen LogP contribution is 2.11. The molecule has 2 aromatic rings. The fourth-order valence-corrected chi connectivity index (χ4v) is 1.83. The fourth-order valence-electron chi connectivity index (χ4n) is 1.68. The van der Waals surface area contributed by atoms with Gasteiger partial charge in [0.05, 0.1) is 11.1 Å². The first-order chi connectivity index (χ1) is 9.15. The van der Waals surface area contributed by atoms with Gasteiger partial charge in [0.15, 0.2) is 5.65 Å². The summed E-state index contributed by atoms with van der Waals surface area (Å²) in [4.78, 5) is 4.35. The molecule has 2 rings (SSSR count). The summed E-state index contributed by atoms with van der Waals surface area (Å²) in [5, 5.41) is 8.15. The molecule has 0 amide bonds. The zero-order chi connectivity index (χ0) is 13.7. The second-order valence-corrected chi connectivity index (χ2v) is 5.08. The molecule has 0 saturated heterocycles. The predicted molar refractivity (Wildman–Crippen MR) is 76.8 cm³/mol. The van der Waals surface area contributed by atoms with E-state index in [-0.39, 0.29) is 0 Å². The van der Waals surface area contributed by atoms with E-state index in [1.54, 1.807) is 16.8 Å². The third-order valence-electron chi connectivity index (χ3n) is 2.60. The quantitative estimate of drug-likeness (QED) is 0.793. The molecule has 6 heteroatoms. The number of ether oxygens (including phenoxy) is 1. The highest BCUT2D eigenvalue weighted by molar-refractivity contribution is 6.30. The molecule has 0 aliphatic rings. The first kappa shape index (κ1) is 14.1. The van der Waals surface area contributed by atoms with Gasteiger partial charge in [0.1, 0.15) is 0 Å². The molecule has 0 spiro atoms. The molecule has 0 bridgehead atoms. The minimum absolute atomic E-state index is 0.304. The number of halogens is 1. The number of anilines is 1. The van der Waals surface area contributed by atoms with E-state index < -0.39 is 0 Å². The summed E-state index contributed by atoms with van der Waals surface area (Å²) in [5.74, 6) is 0.632. The van der Waals surface area contributed by atoms with Crippen molar-refractivity contribution in [3.05, 3.63) is 23.4 Å². The van der Waals surface area contributed by atoms with Crippen LogP contribution in [0.3, 0.4) is 0 Å². The van der Waals surface area contributed by atoms with Crippen molar-refractivity contribution in [3.8, 4) is 0 Å². The molecule has 1 N–H and O–H groups in total. The summed E-state index contributed by atoms with van der Waals surface area (Å²) in [7, 11) is 0. The van der Waals surface area contributed by atoms with E-state index in [0.717, 1.165) is 31.6 Å². The fraction of sp³-hybridized carbons (Fsp3) is 0.538. The van der Waals surface area contributed by atoms with Gasteiger partial charge in [-0.2, -0.15) is 4.98 Å². The summed E-state index contributed by atoms with van der Waals surface area (Å²) in [6.45, 7) is 5.73. The minimum Gasteiger partial charge on any atom is -0.379 e. The van der Waals surface area contributed by atoms with Gasteiger partial charge in [0.2, 0.25) is 5.95 Å². The number of unbranched alkanes of at least 4 members (excludes halogenated alkanes) is 1. The third kappa shape index (κ3) is 4.36. The SMILES string of the molecule is CC(C)OCCCCNc1nc2ccc(Cl)cn2n1. The molecule has 0 fully saturated rings. The van der Waals surface area contributed by atoms with Crippen LogP contribution in [-0.4, -0.2) is 33.9 Å². The minimum atomic E-state index is 0.304. The Morgan fingerprint density at radius 1 is 1.37 bits per heavy atom. The number of nitrogens with zero attached hydrogens (tertiary/aromatic N) is 3.